The molecule has 1 saturated heterocycles. The van der Waals surface area contributed by atoms with Gasteiger partial charge in [0.15, 0.2) is 0 Å². The first-order chi connectivity index (χ1) is 11.3. The largest absolute Gasteiger partial charge is 0.417 e. The number of carbonyl (C=O) groups excluding carboxylic acids is 2. The van der Waals surface area contributed by atoms with Crippen molar-refractivity contribution in [1.82, 2.24) is 15.2 Å². The minimum Gasteiger partial charge on any atom is -0.352 e. The molecule has 1 aromatic heterocycles. The second-order valence-corrected chi connectivity index (χ2v) is 6.07. The van der Waals surface area contributed by atoms with Gasteiger partial charge in [0.2, 0.25) is 5.91 Å². The molecule has 0 saturated carbocycles. The Balaban J connectivity index is 1.71. The smallest absolute Gasteiger partial charge is 0.352 e. The molecule has 0 aromatic carbocycles. The number of pyridine rings is 1. The molecule has 0 unspecified atom stereocenters. The molecule has 130 valence electrons. The molecule has 1 N–H and O–H groups in total. The fraction of sp³-hybridized carbons (Fsp3) is 0.533. The van der Waals surface area contributed by atoms with Crippen molar-refractivity contribution in [3.05, 3.63) is 23.4 Å². The molecule has 1 fully saturated rings. The van der Waals surface area contributed by atoms with E-state index in [2.05, 4.69) is 10.3 Å². The monoisotopic (exact) mass is 342 g/mol. The first kappa shape index (κ1) is 16.5. The third-order valence-electron chi connectivity index (χ3n) is 4.27. The van der Waals surface area contributed by atoms with Crippen molar-refractivity contribution in [2.24, 2.45) is 0 Å². The van der Waals surface area contributed by atoms with Gasteiger partial charge in [0, 0.05) is 38.8 Å². The summed E-state index contributed by atoms with van der Waals surface area (Å²) >= 11 is 0. The van der Waals surface area contributed by atoms with Crippen molar-refractivity contribution < 1.29 is 22.8 Å². The first-order valence-corrected chi connectivity index (χ1v) is 7.64. The Hall–Kier alpha value is -2.32. The van der Waals surface area contributed by atoms with Crippen molar-refractivity contribution >= 4 is 17.8 Å². The average molecular weight is 342 g/mol. The normalized spacial score (nSPS) is 20.1. The van der Waals surface area contributed by atoms with Gasteiger partial charge in [0.25, 0.3) is 0 Å². The molecule has 2 aliphatic rings. The number of hydrogen-bond donors (Lipinski definition) is 1. The van der Waals surface area contributed by atoms with Crippen LogP contribution in [0.2, 0.25) is 0 Å². The predicted octanol–water partition coefficient (Wildman–Crippen LogP) is 1.79. The maximum Gasteiger partial charge on any atom is 0.417 e. The molecule has 6 nitrogen and oxygen atoms in total. The van der Waals surface area contributed by atoms with Crippen LogP contribution in [0.3, 0.4) is 0 Å². The van der Waals surface area contributed by atoms with Crippen LogP contribution in [0, 0.1) is 0 Å². The maximum absolute atomic E-state index is 12.7. The van der Waals surface area contributed by atoms with E-state index in [9.17, 15) is 22.8 Å². The molecule has 9 heteroatoms. The average Bonchev–Trinajstić information content (AvgIpc) is 3.11. The Labute approximate surface area is 136 Å². The second-order valence-electron chi connectivity index (χ2n) is 6.07. The molecule has 0 aliphatic carbocycles. The number of rotatable bonds is 2. The van der Waals surface area contributed by atoms with E-state index in [0.717, 1.165) is 12.3 Å². The zero-order chi connectivity index (χ0) is 17.5. The van der Waals surface area contributed by atoms with Gasteiger partial charge in [-0.15, -0.1) is 0 Å². The van der Waals surface area contributed by atoms with E-state index >= 15 is 0 Å². The molecular formula is C15H17F3N4O2. The Morgan fingerprint density at radius 3 is 2.83 bits per heavy atom. The number of carbonyl (C=O) groups is 2. The lowest BCUT2D eigenvalue weighted by molar-refractivity contribution is -0.137. The van der Waals surface area contributed by atoms with Crippen LogP contribution in [0.5, 0.6) is 0 Å². The molecule has 3 heterocycles. The molecule has 3 rings (SSSR count). The Kier molecular flexibility index (Phi) is 4.10. The predicted molar refractivity (Wildman–Crippen MR) is 79.5 cm³/mol. The van der Waals surface area contributed by atoms with Gasteiger partial charge in [-0.2, -0.15) is 13.2 Å². The summed E-state index contributed by atoms with van der Waals surface area (Å²) in [4.78, 5) is 30.4. The lowest BCUT2D eigenvalue weighted by Gasteiger charge is -2.26. The zero-order valence-corrected chi connectivity index (χ0v) is 13.1. The van der Waals surface area contributed by atoms with E-state index in [1.54, 1.807) is 7.05 Å². The topological polar surface area (TPSA) is 65.5 Å². The highest BCUT2D eigenvalue weighted by Gasteiger charge is 2.35. The van der Waals surface area contributed by atoms with Crippen molar-refractivity contribution in [3.8, 4) is 0 Å². The SMILES string of the molecule is CN(C[C@@H]1CCC(=O)N1)C(=O)N1CCc2cc(C(F)(F)F)cnc21. The quantitative estimate of drug-likeness (QED) is 0.891. The van der Waals surface area contributed by atoms with E-state index in [1.807, 2.05) is 0 Å². The highest BCUT2D eigenvalue weighted by atomic mass is 19.4. The van der Waals surface area contributed by atoms with Crippen LogP contribution in [0.1, 0.15) is 24.0 Å². The Morgan fingerprint density at radius 1 is 1.46 bits per heavy atom. The zero-order valence-electron chi connectivity index (χ0n) is 13.1. The van der Waals surface area contributed by atoms with Gasteiger partial charge < -0.3 is 10.2 Å². The highest BCUT2D eigenvalue weighted by Crippen LogP contribution is 2.34. The summed E-state index contributed by atoms with van der Waals surface area (Å²) < 4.78 is 38.2. The standard InChI is InChI=1S/C15H17F3N4O2/c1-21(8-11-2-3-12(23)20-11)14(24)22-5-4-9-6-10(15(16,17)18)7-19-13(9)22/h6-7,11H,2-5,8H2,1H3,(H,20,23)/t11-/m0/s1. The lowest BCUT2D eigenvalue weighted by atomic mass is 10.1. The van der Waals surface area contributed by atoms with Gasteiger partial charge in [-0.05, 0) is 24.5 Å². The summed E-state index contributed by atoms with van der Waals surface area (Å²) in [5.74, 6) is 0.240. The van der Waals surface area contributed by atoms with Gasteiger partial charge in [-0.1, -0.05) is 0 Å². The van der Waals surface area contributed by atoms with E-state index in [1.165, 1.54) is 9.80 Å². The van der Waals surface area contributed by atoms with Crippen molar-refractivity contribution in [2.45, 2.75) is 31.5 Å². The molecule has 24 heavy (non-hydrogen) atoms. The third-order valence-corrected chi connectivity index (χ3v) is 4.27. The van der Waals surface area contributed by atoms with Gasteiger partial charge in [-0.3, -0.25) is 9.69 Å². The van der Waals surface area contributed by atoms with Crippen LogP contribution in [0.15, 0.2) is 12.3 Å². The number of urea groups is 1. The molecule has 0 bridgehead atoms. The molecule has 0 radical (unpaired) electrons. The minimum atomic E-state index is -4.45. The van der Waals surface area contributed by atoms with Crippen LogP contribution in [0.25, 0.3) is 0 Å². The fourth-order valence-electron chi connectivity index (χ4n) is 3.04. The van der Waals surface area contributed by atoms with E-state index in [4.69, 9.17) is 0 Å². The second kappa shape index (κ2) is 5.95. The highest BCUT2D eigenvalue weighted by molar-refractivity contribution is 5.93. The number of aromatic nitrogens is 1. The van der Waals surface area contributed by atoms with Gasteiger partial charge in [0.1, 0.15) is 5.82 Å². The van der Waals surface area contributed by atoms with E-state index < -0.39 is 11.7 Å². The molecule has 0 spiro atoms. The van der Waals surface area contributed by atoms with Crippen LogP contribution >= 0.6 is 0 Å². The molecule has 1 atom stereocenters. The van der Waals surface area contributed by atoms with E-state index in [-0.39, 0.29) is 23.8 Å². The fourth-order valence-corrected chi connectivity index (χ4v) is 3.04. The molecule has 1 aromatic rings. The Morgan fingerprint density at radius 2 is 2.21 bits per heavy atom. The first-order valence-electron chi connectivity index (χ1n) is 7.64. The summed E-state index contributed by atoms with van der Waals surface area (Å²) in [5, 5.41) is 2.78. The van der Waals surface area contributed by atoms with Crippen molar-refractivity contribution in [3.63, 3.8) is 0 Å². The number of nitrogens with zero attached hydrogens (tertiary/aromatic N) is 3. The summed E-state index contributed by atoms with van der Waals surface area (Å²) in [7, 11) is 1.61. The lowest BCUT2D eigenvalue weighted by Crippen LogP contribution is -2.46. The van der Waals surface area contributed by atoms with Crippen molar-refractivity contribution in [2.75, 3.05) is 25.0 Å². The minimum absolute atomic E-state index is 0.0336. The number of likely N-dealkylation sites (N-methyl/N-ethyl adjacent to an activating group) is 1. The van der Waals surface area contributed by atoms with Crippen molar-refractivity contribution in [1.29, 1.82) is 0 Å². The summed E-state index contributed by atoms with van der Waals surface area (Å²) in [6, 6.07) is 0.628. The third kappa shape index (κ3) is 3.15. The number of alkyl halides is 3. The van der Waals surface area contributed by atoms with Gasteiger partial charge in [-0.25, -0.2) is 9.78 Å². The number of hydrogen-bond acceptors (Lipinski definition) is 3. The number of amides is 3. The van der Waals surface area contributed by atoms with Crippen LogP contribution in [0.4, 0.5) is 23.8 Å². The van der Waals surface area contributed by atoms with Crippen LogP contribution in [-0.4, -0.2) is 48.0 Å². The number of fused-ring (bicyclic) bond motifs is 1. The summed E-state index contributed by atoms with van der Waals surface area (Å²) in [6.07, 6.45) is -2.24. The van der Waals surface area contributed by atoms with Gasteiger partial charge >= 0.3 is 12.2 Å². The van der Waals surface area contributed by atoms with Gasteiger partial charge in [0.05, 0.1) is 5.56 Å². The van der Waals surface area contributed by atoms with E-state index in [0.29, 0.717) is 37.9 Å². The number of anilines is 1. The molecular weight excluding hydrogens is 325 g/mol. The number of halogens is 3. The molecule has 3 amide bonds. The van der Waals surface area contributed by atoms with Crippen LogP contribution < -0.4 is 10.2 Å². The summed E-state index contributed by atoms with van der Waals surface area (Å²) in [5.41, 5.74) is -0.390. The summed E-state index contributed by atoms with van der Waals surface area (Å²) in [6.45, 7) is 0.654. The maximum atomic E-state index is 12.7. The number of nitrogens with one attached hydrogen (secondary N) is 1. The molecule has 2 aliphatic heterocycles. The van der Waals surface area contributed by atoms with Crippen LogP contribution in [-0.2, 0) is 17.4 Å². The Bertz CT molecular complexity index is 677.